The van der Waals surface area contributed by atoms with E-state index >= 15 is 0 Å². The SMILES string of the molecule is NOC[C@H](O)CC1(I)CC1. The van der Waals surface area contributed by atoms with Crippen LogP contribution < -0.4 is 5.90 Å². The summed E-state index contributed by atoms with van der Waals surface area (Å²) >= 11 is 2.39. The first kappa shape index (κ1) is 8.70. The van der Waals surface area contributed by atoms with Crippen LogP contribution >= 0.6 is 22.6 Å². The van der Waals surface area contributed by atoms with Crippen molar-refractivity contribution in [3.8, 4) is 0 Å². The van der Waals surface area contributed by atoms with Gasteiger partial charge in [-0.1, -0.05) is 22.6 Å². The molecule has 0 heterocycles. The van der Waals surface area contributed by atoms with Gasteiger partial charge in [-0.15, -0.1) is 0 Å². The molecular weight excluding hydrogens is 245 g/mol. The Morgan fingerprint density at radius 2 is 2.30 bits per heavy atom. The molecule has 1 rings (SSSR count). The Labute approximate surface area is 74.0 Å². The number of halogens is 1. The van der Waals surface area contributed by atoms with E-state index in [0.717, 1.165) is 6.42 Å². The third kappa shape index (κ3) is 2.69. The van der Waals surface area contributed by atoms with Gasteiger partial charge < -0.3 is 9.94 Å². The highest BCUT2D eigenvalue weighted by molar-refractivity contribution is 14.1. The number of alkyl halides is 1. The summed E-state index contributed by atoms with van der Waals surface area (Å²) in [5, 5.41) is 9.21. The molecule has 1 saturated carbocycles. The van der Waals surface area contributed by atoms with Crippen LogP contribution in [-0.4, -0.2) is 21.2 Å². The fraction of sp³-hybridized carbons (Fsp3) is 1.00. The Morgan fingerprint density at radius 1 is 1.70 bits per heavy atom. The van der Waals surface area contributed by atoms with Crippen molar-refractivity contribution in [1.29, 1.82) is 0 Å². The lowest BCUT2D eigenvalue weighted by molar-refractivity contribution is 0.0319. The molecule has 1 fully saturated rings. The smallest absolute Gasteiger partial charge is 0.0939 e. The third-order valence-electron chi connectivity index (χ3n) is 1.68. The highest BCUT2D eigenvalue weighted by Crippen LogP contribution is 2.48. The molecule has 60 valence electrons. The van der Waals surface area contributed by atoms with Crippen LogP contribution in [0.4, 0.5) is 0 Å². The van der Waals surface area contributed by atoms with Crippen LogP contribution in [-0.2, 0) is 4.84 Å². The highest BCUT2D eigenvalue weighted by atomic mass is 127. The summed E-state index contributed by atoms with van der Waals surface area (Å²) in [5.74, 6) is 4.81. The molecule has 0 radical (unpaired) electrons. The van der Waals surface area contributed by atoms with Crippen LogP contribution in [0.1, 0.15) is 19.3 Å². The summed E-state index contributed by atoms with van der Waals surface area (Å²) in [6, 6.07) is 0. The number of hydrogen-bond acceptors (Lipinski definition) is 3. The predicted octanol–water partition coefficient (Wildman–Crippen LogP) is 0.595. The lowest BCUT2D eigenvalue weighted by Crippen LogP contribution is -2.21. The minimum Gasteiger partial charge on any atom is -0.391 e. The molecule has 0 aromatic rings. The molecule has 0 aromatic heterocycles. The molecule has 0 aromatic carbocycles. The van der Waals surface area contributed by atoms with Crippen LogP contribution in [0.15, 0.2) is 0 Å². The number of aliphatic hydroxyl groups is 1. The Morgan fingerprint density at radius 3 is 2.70 bits per heavy atom. The van der Waals surface area contributed by atoms with Gasteiger partial charge in [-0.25, -0.2) is 5.90 Å². The molecule has 1 atom stereocenters. The van der Waals surface area contributed by atoms with Crippen molar-refractivity contribution < 1.29 is 9.94 Å². The first-order chi connectivity index (χ1) is 4.66. The Hall–Kier alpha value is 0.610. The summed E-state index contributed by atoms with van der Waals surface area (Å²) in [4.78, 5) is 4.32. The zero-order valence-electron chi connectivity index (χ0n) is 5.72. The molecule has 1 aliphatic carbocycles. The van der Waals surface area contributed by atoms with Gasteiger partial charge in [-0.2, -0.15) is 0 Å². The molecule has 0 aliphatic heterocycles. The van der Waals surface area contributed by atoms with E-state index in [2.05, 4.69) is 27.4 Å². The van der Waals surface area contributed by atoms with Crippen LogP contribution in [0, 0.1) is 0 Å². The average molecular weight is 257 g/mol. The first-order valence-corrected chi connectivity index (χ1v) is 4.43. The van der Waals surface area contributed by atoms with E-state index < -0.39 is 0 Å². The van der Waals surface area contributed by atoms with Crippen molar-refractivity contribution in [3.05, 3.63) is 0 Å². The maximum atomic E-state index is 9.21. The molecule has 0 spiro atoms. The Kier molecular flexibility index (Phi) is 2.91. The summed E-state index contributed by atoms with van der Waals surface area (Å²) in [5.41, 5.74) is 0. The van der Waals surface area contributed by atoms with Crippen LogP contribution in [0.2, 0.25) is 0 Å². The number of hydrogen-bond donors (Lipinski definition) is 2. The lowest BCUT2D eigenvalue weighted by atomic mass is 10.2. The van der Waals surface area contributed by atoms with Crippen molar-refractivity contribution >= 4 is 22.6 Å². The van der Waals surface area contributed by atoms with Crippen molar-refractivity contribution in [2.45, 2.75) is 28.8 Å². The predicted molar refractivity (Wildman–Crippen MR) is 46.7 cm³/mol. The fourth-order valence-electron chi connectivity index (χ4n) is 0.932. The van der Waals surface area contributed by atoms with E-state index in [-0.39, 0.29) is 12.7 Å². The second-order valence-electron chi connectivity index (χ2n) is 2.84. The zero-order chi connectivity index (χ0) is 7.61. The van der Waals surface area contributed by atoms with Gasteiger partial charge in [0.1, 0.15) is 0 Å². The summed E-state index contributed by atoms with van der Waals surface area (Å²) in [6.07, 6.45) is 2.86. The fourth-order valence-corrected chi connectivity index (χ4v) is 1.71. The normalized spacial score (nSPS) is 24.3. The lowest BCUT2D eigenvalue weighted by Gasteiger charge is -2.11. The molecule has 3 N–H and O–H groups in total. The van der Waals surface area contributed by atoms with Crippen molar-refractivity contribution in [3.63, 3.8) is 0 Å². The van der Waals surface area contributed by atoms with Gasteiger partial charge in [-0.05, 0) is 19.3 Å². The first-order valence-electron chi connectivity index (χ1n) is 3.35. The average Bonchev–Trinajstić information content (AvgIpc) is 2.48. The highest BCUT2D eigenvalue weighted by Gasteiger charge is 2.41. The van der Waals surface area contributed by atoms with Gasteiger partial charge in [0.25, 0.3) is 0 Å². The molecule has 10 heavy (non-hydrogen) atoms. The van der Waals surface area contributed by atoms with E-state index in [4.69, 9.17) is 5.90 Å². The minimum atomic E-state index is -0.385. The molecular formula is C6H12INO2. The van der Waals surface area contributed by atoms with Gasteiger partial charge in [0.2, 0.25) is 0 Å². The van der Waals surface area contributed by atoms with Crippen LogP contribution in [0.5, 0.6) is 0 Å². The number of aliphatic hydroxyl groups excluding tert-OH is 1. The van der Waals surface area contributed by atoms with Gasteiger partial charge in [-0.3, -0.25) is 0 Å². The third-order valence-corrected chi connectivity index (χ3v) is 3.20. The number of nitrogens with two attached hydrogens (primary N) is 1. The van der Waals surface area contributed by atoms with E-state index in [1.54, 1.807) is 0 Å². The van der Waals surface area contributed by atoms with Gasteiger partial charge >= 0.3 is 0 Å². The van der Waals surface area contributed by atoms with Gasteiger partial charge in [0.05, 0.1) is 12.7 Å². The van der Waals surface area contributed by atoms with Crippen LogP contribution in [0.3, 0.4) is 0 Å². The van der Waals surface area contributed by atoms with E-state index in [1.165, 1.54) is 12.8 Å². The summed E-state index contributed by atoms with van der Waals surface area (Å²) in [6.45, 7) is 0.255. The van der Waals surface area contributed by atoms with E-state index in [1.807, 2.05) is 0 Å². The Bertz CT molecular complexity index is 116. The number of rotatable bonds is 4. The van der Waals surface area contributed by atoms with Gasteiger partial charge in [0.15, 0.2) is 0 Å². The second-order valence-corrected chi connectivity index (χ2v) is 5.13. The molecule has 0 unspecified atom stereocenters. The van der Waals surface area contributed by atoms with Gasteiger partial charge in [0, 0.05) is 3.42 Å². The molecule has 3 nitrogen and oxygen atoms in total. The van der Waals surface area contributed by atoms with Crippen molar-refractivity contribution in [2.24, 2.45) is 5.90 Å². The molecule has 1 aliphatic rings. The molecule has 0 saturated heterocycles. The maximum Gasteiger partial charge on any atom is 0.0939 e. The quantitative estimate of drug-likeness (QED) is 0.440. The summed E-state index contributed by atoms with van der Waals surface area (Å²) in [7, 11) is 0. The van der Waals surface area contributed by atoms with E-state index in [9.17, 15) is 5.11 Å². The Balaban J connectivity index is 2.11. The molecule has 0 bridgehead atoms. The molecule has 4 heteroatoms. The standard InChI is InChI=1S/C6H12INO2/c7-6(1-2-6)3-5(9)4-10-8/h5,9H,1-4,8H2/t5-/m1/s1. The monoisotopic (exact) mass is 257 g/mol. The van der Waals surface area contributed by atoms with E-state index in [0.29, 0.717) is 3.42 Å². The summed E-state index contributed by atoms with van der Waals surface area (Å²) < 4.78 is 0.357. The topological polar surface area (TPSA) is 55.5 Å². The van der Waals surface area contributed by atoms with Crippen LogP contribution in [0.25, 0.3) is 0 Å². The second kappa shape index (κ2) is 3.34. The minimum absolute atomic E-state index is 0.255. The largest absolute Gasteiger partial charge is 0.391 e. The van der Waals surface area contributed by atoms with Crippen molar-refractivity contribution in [1.82, 2.24) is 0 Å². The molecule has 0 amide bonds. The maximum absolute atomic E-state index is 9.21. The zero-order valence-corrected chi connectivity index (χ0v) is 7.87. The van der Waals surface area contributed by atoms with Crippen molar-refractivity contribution in [2.75, 3.05) is 6.61 Å².